The first kappa shape index (κ1) is 9.69. The zero-order valence-corrected chi connectivity index (χ0v) is 7.42. The van der Waals surface area contributed by atoms with E-state index in [1.165, 1.54) is 6.92 Å². The molecule has 0 aliphatic rings. The van der Waals surface area contributed by atoms with Gasteiger partial charge in [0.15, 0.2) is 5.12 Å². The van der Waals surface area contributed by atoms with Gasteiger partial charge in [-0.25, -0.2) is 0 Å². The monoisotopic (exact) mass is 159 g/mol. The van der Waals surface area contributed by atoms with Gasteiger partial charge in [0.05, 0.1) is 5.04 Å². The fourth-order valence-corrected chi connectivity index (χ4v) is 1.35. The lowest BCUT2D eigenvalue weighted by Crippen LogP contribution is -1.99. The van der Waals surface area contributed by atoms with Gasteiger partial charge in [-0.15, -0.1) is 0 Å². The summed E-state index contributed by atoms with van der Waals surface area (Å²) in [5.41, 5.74) is 0. The van der Waals surface area contributed by atoms with Crippen molar-refractivity contribution in [2.45, 2.75) is 27.2 Å². The summed E-state index contributed by atoms with van der Waals surface area (Å²) in [7, 11) is 0. The van der Waals surface area contributed by atoms with Crippen molar-refractivity contribution in [2.75, 3.05) is 0 Å². The van der Waals surface area contributed by atoms with Crippen LogP contribution < -0.4 is 0 Å². The third-order valence-electron chi connectivity index (χ3n) is 0.861. The molecule has 0 fully saturated rings. The molecule has 3 heteroatoms. The summed E-state index contributed by atoms with van der Waals surface area (Å²) in [6.45, 7) is 5.56. The highest BCUT2D eigenvalue weighted by Gasteiger charge is 2.03. The lowest BCUT2D eigenvalue weighted by Gasteiger charge is -2.02. The maximum Gasteiger partial charge on any atom is 0.191 e. The van der Waals surface area contributed by atoms with E-state index in [-0.39, 0.29) is 5.12 Å². The van der Waals surface area contributed by atoms with Gasteiger partial charge in [-0.1, -0.05) is 13.8 Å². The molecule has 58 valence electrons. The molecule has 0 radical (unpaired) electrons. The SMILES string of the molecule is CC(=O)SC(=N)CC(C)C. The van der Waals surface area contributed by atoms with Crippen LogP contribution in [0.4, 0.5) is 0 Å². The molecule has 0 heterocycles. The van der Waals surface area contributed by atoms with Crippen molar-refractivity contribution in [2.24, 2.45) is 5.92 Å². The van der Waals surface area contributed by atoms with Gasteiger partial charge in [0.2, 0.25) is 0 Å². The fourth-order valence-electron chi connectivity index (χ4n) is 0.586. The van der Waals surface area contributed by atoms with E-state index in [1.807, 2.05) is 13.8 Å². The Morgan fingerprint density at radius 2 is 2.10 bits per heavy atom. The third kappa shape index (κ3) is 5.82. The number of nitrogens with one attached hydrogen (secondary N) is 1. The van der Waals surface area contributed by atoms with Crippen LogP contribution in [-0.2, 0) is 4.79 Å². The summed E-state index contributed by atoms with van der Waals surface area (Å²) in [6, 6.07) is 0. The Hall–Kier alpha value is -0.310. The highest BCUT2D eigenvalue weighted by atomic mass is 32.2. The van der Waals surface area contributed by atoms with Crippen molar-refractivity contribution in [1.29, 1.82) is 5.41 Å². The molecule has 2 nitrogen and oxygen atoms in total. The molecule has 0 bridgehead atoms. The van der Waals surface area contributed by atoms with Gasteiger partial charge in [-0.05, 0) is 24.1 Å². The van der Waals surface area contributed by atoms with Crippen molar-refractivity contribution < 1.29 is 4.79 Å². The minimum Gasteiger partial charge on any atom is -0.298 e. The second-order valence-electron chi connectivity index (χ2n) is 2.61. The highest BCUT2D eigenvalue weighted by molar-refractivity contribution is 8.26. The van der Waals surface area contributed by atoms with Gasteiger partial charge in [0, 0.05) is 6.92 Å². The summed E-state index contributed by atoms with van der Waals surface area (Å²) in [4.78, 5) is 10.5. The molecule has 0 aromatic carbocycles. The normalized spacial score (nSPS) is 10.0. The lowest BCUT2D eigenvalue weighted by molar-refractivity contribution is -0.109. The number of carbonyl (C=O) groups is 1. The van der Waals surface area contributed by atoms with Crippen molar-refractivity contribution in [3.8, 4) is 0 Å². The van der Waals surface area contributed by atoms with E-state index < -0.39 is 0 Å². The quantitative estimate of drug-likeness (QED) is 0.496. The highest BCUT2D eigenvalue weighted by Crippen LogP contribution is 2.11. The Morgan fingerprint density at radius 3 is 2.40 bits per heavy atom. The van der Waals surface area contributed by atoms with Gasteiger partial charge in [-0.2, -0.15) is 0 Å². The topological polar surface area (TPSA) is 40.9 Å². The Labute approximate surface area is 65.9 Å². The van der Waals surface area contributed by atoms with Gasteiger partial charge in [-0.3, -0.25) is 10.2 Å². The molecule has 0 aromatic heterocycles. The molecule has 0 spiro atoms. The first-order valence-electron chi connectivity index (χ1n) is 3.28. The molecule has 0 aliphatic heterocycles. The number of carbonyl (C=O) groups excluding carboxylic acids is 1. The average molecular weight is 159 g/mol. The summed E-state index contributed by atoms with van der Waals surface area (Å²) < 4.78 is 0. The molecule has 0 rings (SSSR count). The van der Waals surface area contributed by atoms with E-state index in [0.29, 0.717) is 17.4 Å². The van der Waals surface area contributed by atoms with Gasteiger partial charge >= 0.3 is 0 Å². The Kier molecular flexibility index (Phi) is 4.36. The first-order valence-corrected chi connectivity index (χ1v) is 4.10. The van der Waals surface area contributed by atoms with Crippen LogP contribution in [0.1, 0.15) is 27.2 Å². The molecule has 0 aliphatic carbocycles. The standard InChI is InChI=1S/C7H13NOS/c1-5(2)4-7(8)10-6(3)9/h5,8H,4H2,1-3H3. The van der Waals surface area contributed by atoms with Crippen molar-refractivity contribution in [3.05, 3.63) is 0 Å². The summed E-state index contributed by atoms with van der Waals surface area (Å²) in [6.07, 6.45) is 0.713. The van der Waals surface area contributed by atoms with E-state index >= 15 is 0 Å². The van der Waals surface area contributed by atoms with Crippen LogP contribution in [0.3, 0.4) is 0 Å². The molecule has 0 saturated carbocycles. The minimum atomic E-state index is 0.00523. The summed E-state index contributed by atoms with van der Waals surface area (Å²) in [5, 5.41) is 7.77. The number of thioether (sulfide) groups is 1. The molecular weight excluding hydrogens is 146 g/mol. The number of rotatable bonds is 2. The van der Waals surface area contributed by atoms with E-state index in [0.717, 1.165) is 11.8 Å². The number of hydrogen-bond donors (Lipinski definition) is 1. The van der Waals surface area contributed by atoms with Gasteiger partial charge in [0.1, 0.15) is 0 Å². The van der Waals surface area contributed by atoms with Crippen LogP contribution in [0, 0.1) is 11.3 Å². The van der Waals surface area contributed by atoms with Gasteiger partial charge in [0.25, 0.3) is 0 Å². The molecule has 0 amide bonds. The van der Waals surface area contributed by atoms with Crippen LogP contribution in [0.15, 0.2) is 0 Å². The third-order valence-corrected chi connectivity index (χ3v) is 1.56. The van der Waals surface area contributed by atoms with E-state index in [4.69, 9.17) is 5.41 Å². The molecule has 0 saturated heterocycles. The smallest absolute Gasteiger partial charge is 0.191 e. The zero-order valence-electron chi connectivity index (χ0n) is 6.60. The minimum absolute atomic E-state index is 0.00523. The molecular formula is C7H13NOS. The largest absolute Gasteiger partial charge is 0.298 e. The summed E-state index contributed by atoms with van der Waals surface area (Å²) in [5.74, 6) is 0.472. The molecule has 10 heavy (non-hydrogen) atoms. The van der Waals surface area contributed by atoms with Crippen LogP contribution in [0.25, 0.3) is 0 Å². The molecule has 1 N–H and O–H groups in total. The number of hydrogen-bond acceptors (Lipinski definition) is 3. The Morgan fingerprint density at radius 1 is 1.60 bits per heavy atom. The van der Waals surface area contributed by atoms with Crippen LogP contribution >= 0.6 is 11.8 Å². The van der Waals surface area contributed by atoms with Crippen LogP contribution in [0.5, 0.6) is 0 Å². The Balaban J connectivity index is 3.54. The average Bonchev–Trinajstić information content (AvgIpc) is 1.58. The van der Waals surface area contributed by atoms with E-state index in [1.54, 1.807) is 0 Å². The van der Waals surface area contributed by atoms with Crippen LogP contribution in [-0.4, -0.2) is 10.2 Å². The first-order chi connectivity index (χ1) is 4.52. The van der Waals surface area contributed by atoms with Crippen LogP contribution in [0.2, 0.25) is 0 Å². The molecule has 0 atom stereocenters. The van der Waals surface area contributed by atoms with E-state index in [9.17, 15) is 4.79 Å². The zero-order chi connectivity index (χ0) is 8.15. The van der Waals surface area contributed by atoms with Gasteiger partial charge < -0.3 is 0 Å². The second-order valence-corrected chi connectivity index (χ2v) is 3.89. The molecule has 0 aromatic rings. The second kappa shape index (κ2) is 4.50. The summed E-state index contributed by atoms with van der Waals surface area (Å²) >= 11 is 1.03. The Bertz CT molecular complexity index is 143. The van der Waals surface area contributed by atoms with Crippen molar-refractivity contribution >= 4 is 21.9 Å². The maximum absolute atomic E-state index is 10.5. The predicted molar refractivity (Wildman–Crippen MR) is 45.5 cm³/mol. The fraction of sp³-hybridized carbons (Fsp3) is 0.714. The van der Waals surface area contributed by atoms with Crippen molar-refractivity contribution in [1.82, 2.24) is 0 Å². The van der Waals surface area contributed by atoms with E-state index in [2.05, 4.69) is 0 Å². The maximum atomic E-state index is 10.5. The lowest BCUT2D eigenvalue weighted by atomic mass is 10.1. The predicted octanol–water partition coefficient (Wildman–Crippen LogP) is 2.29. The van der Waals surface area contributed by atoms with Crippen molar-refractivity contribution in [3.63, 3.8) is 0 Å². The molecule has 0 unspecified atom stereocenters.